The van der Waals surface area contributed by atoms with Crippen molar-refractivity contribution < 1.29 is 4.74 Å². The first-order valence-corrected chi connectivity index (χ1v) is 16.9. The van der Waals surface area contributed by atoms with Crippen LogP contribution in [0.2, 0.25) is 13.3 Å². The third-order valence-electron chi connectivity index (χ3n) is 4.84. The predicted octanol–water partition coefficient (Wildman–Crippen LogP) is 6.28. The molecule has 122 valence electrons. The van der Waals surface area contributed by atoms with E-state index in [9.17, 15) is 0 Å². The average Bonchev–Trinajstić information content (AvgIpc) is 2.95. The summed E-state index contributed by atoms with van der Waals surface area (Å²) in [5, 5.41) is 0. The molecule has 2 heteroatoms. The van der Waals surface area contributed by atoms with Crippen LogP contribution in [0.5, 0.6) is 0 Å². The van der Waals surface area contributed by atoms with Crippen molar-refractivity contribution in [2.45, 2.75) is 79.5 Å². The molecule has 0 atom stereocenters. The van der Waals surface area contributed by atoms with Gasteiger partial charge in [-0.2, -0.15) is 0 Å². The molecular formula is C19H36OSn. The van der Waals surface area contributed by atoms with Crippen molar-refractivity contribution in [3.05, 3.63) is 21.3 Å². The van der Waals surface area contributed by atoms with Gasteiger partial charge >= 0.3 is 137 Å². The first-order chi connectivity index (χ1) is 10.2. The monoisotopic (exact) mass is 400 g/mol. The number of hydrogen-bond acceptors (Lipinski definition) is 1. The van der Waals surface area contributed by atoms with Gasteiger partial charge in [-0.25, -0.2) is 0 Å². The molecule has 0 spiro atoms. The fraction of sp³-hybridized carbons (Fsp3) is 0.789. The van der Waals surface area contributed by atoms with Gasteiger partial charge in [0.05, 0.1) is 0 Å². The summed E-state index contributed by atoms with van der Waals surface area (Å²) in [7, 11) is 0. The Balaban J connectivity index is 2.97. The van der Waals surface area contributed by atoms with E-state index in [4.69, 9.17) is 4.74 Å². The maximum atomic E-state index is 5.72. The molecule has 1 rings (SSSR count). The molecular weight excluding hydrogens is 363 g/mol. The Hall–Kier alpha value is 0.239. The first kappa shape index (κ1) is 19.3. The van der Waals surface area contributed by atoms with E-state index in [2.05, 4.69) is 37.9 Å². The second kappa shape index (κ2) is 10.9. The number of allylic oxidation sites excluding steroid dienone is 1. The standard InChI is InChI=1S/C7H9O.3C4H9.Sn/c1-3-7-5-8-4-6(7)2;3*1-3-4-2;/h2-3H,4-5H2,1H3;3*1,3-4H2,2H3;/b6-2?,7-3-;;;;. The first-order valence-electron chi connectivity index (χ1n) is 9.16. The van der Waals surface area contributed by atoms with E-state index in [0.29, 0.717) is 0 Å². The van der Waals surface area contributed by atoms with Crippen LogP contribution >= 0.6 is 0 Å². The van der Waals surface area contributed by atoms with Crippen LogP contribution in [-0.4, -0.2) is 31.6 Å². The molecule has 21 heavy (non-hydrogen) atoms. The van der Waals surface area contributed by atoms with E-state index in [1.54, 1.807) is 18.9 Å². The van der Waals surface area contributed by atoms with Gasteiger partial charge in [0.25, 0.3) is 0 Å². The minimum atomic E-state index is -2.12. The zero-order valence-electron chi connectivity index (χ0n) is 14.8. The van der Waals surface area contributed by atoms with E-state index >= 15 is 0 Å². The SMILES string of the molecule is C/C=C1/COC/C1=[CH]\[Sn]([CH2]CCC)([CH2]CCC)[CH2]CCC. The van der Waals surface area contributed by atoms with E-state index in [0.717, 1.165) is 13.2 Å². The van der Waals surface area contributed by atoms with Crippen LogP contribution in [0.4, 0.5) is 0 Å². The Kier molecular flexibility index (Phi) is 9.99. The molecule has 0 unspecified atom stereocenters. The zero-order chi connectivity index (χ0) is 15.6. The van der Waals surface area contributed by atoms with Crippen LogP contribution in [0.3, 0.4) is 0 Å². The normalized spacial score (nSPS) is 19.8. The number of rotatable bonds is 10. The molecule has 0 aromatic heterocycles. The molecule has 0 N–H and O–H groups in total. The minimum absolute atomic E-state index is 0.847. The number of unbranched alkanes of at least 4 members (excludes halogenated alkanes) is 3. The van der Waals surface area contributed by atoms with E-state index in [-0.39, 0.29) is 0 Å². The fourth-order valence-corrected chi connectivity index (χ4v) is 18.7. The van der Waals surface area contributed by atoms with Gasteiger partial charge in [0, 0.05) is 0 Å². The molecule has 1 nitrogen and oxygen atoms in total. The Morgan fingerprint density at radius 2 is 1.33 bits per heavy atom. The van der Waals surface area contributed by atoms with E-state index < -0.39 is 18.4 Å². The molecule has 1 saturated heterocycles. The summed E-state index contributed by atoms with van der Waals surface area (Å²) in [6, 6.07) is 0. The predicted molar refractivity (Wildman–Crippen MR) is 97.6 cm³/mol. The molecule has 1 fully saturated rings. The van der Waals surface area contributed by atoms with E-state index in [1.165, 1.54) is 44.1 Å². The van der Waals surface area contributed by atoms with Crippen molar-refractivity contribution in [1.29, 1.82) is 0 Å². The van der Waals surface area contributed by atoms with Gasteiger partial charge in [-0.05, 0) is 0 Å². The van der Waals surface area contributed by atoms with Crippen molar-refractivity contribution in [2.75, 3.05) is 13.2 Å². The van der Waals surface area contributed by atoms with Crippen LogP contribution < -0.4 is 0 Å². The number of ether oxygens (including phenoxy) is 1. The summed E-state index contributed by atoms with van der Waals surface area (Å²) < 4.78 is 13.2. The molecule has 0 radical (unpaired) electrons. The summed E-state index contributed by atoms with van der Waals surface area (Å²) in [5.41, 5.74) is 3.04. The molecule has 1 aliphatic heterocycles. The maximum absolute atomic E-state index is 5.72. The van der Waals surface area contributed by atoms with Gasteiger partial charge in [-0.15, -0.1) is 0 Å². The van der Waals surface area contributed by atoms with E-state index in [1.807, 2.05) is 0 Å². The molecule has 0 aromatic rings. The van der Waals surface area contributed by atoms with Gasteiger partial charge in [-0.1, -0.05) is 0 Å². The third kappa shape index (κ3) is 6.48. The number of hydrogen-bond donors (Lipinski definition) is 0. The van der Waals surface area contributed by atoms with Crippen molar-refractivity contribution >= 4 is 18.4 Å². The topological polar surface area (TPSA) is 9.23 Å². The van der Waals surface area contributed by atoms with Gasteiger partial charge < -0.3 is 0 Å². The van der Waals surface area contributed by atoms with Gasteiger partial charge in [0.15, 0.2) is 0 Å². The van der Waals surface area contributed by atoms with Crippen LogP contribution in [0, 0.1) is 0 Å². The molecule has 0 aromatic carbocycles. The van der Waals surface area contributed by atoms with Gasteiger partial charge in [0.2, 0.25) is 0 Å². The van der Waals surface area contributed by atoms with Crippen LogP contribution in [-0.2, 0) is 4.74 Å². The fourth-order valence-electron chi connectivity index (χ4n) is 3.41. The van der Waals surface area contributed by atoms with Gasteiger partial charge in [-0.3, -0.25) is 0 Å². The molecule has 0 bridgehead atoms. The molecule has 0 amide bonds. The second-order valence-corrected chi connectivity index (χ2v) is 19.5. The van der Waals surface area contributed by atoms with Crippen molar-refractivity contribution in [3.8, 4) is 0 Å². The zero-order valence-corrected chi connectivity index (χ0v) is 17.7. The molecule has 0 saturated carbocycles. The third-order valence-corrected chi connectivity index (χ3v) is 19.1. The second-order valence-electron chi connectivity index (χ2n) is 6.65. The average molecular weight is 399 g/mol. The van der Waals surface area contributed by atoms with Crippen LogP contribution in [0.1, 0.15) is 66.2 Å². The Labute approximate surface area is 137 Å². The summed E-state index contributed by atoms with van der Waals surface area (Å²) in [4.78, 5) is 0. The summed E-state index contributed by atoms with van der Waals surface area (Å²) in [6.07, 6.45) is 10.7. The summed E-state index contributed by atoms with van der Waals surface area (Å²) >= 11 is -2.12. The van der Waals surface area contributed by atoms with Crippen molar-refractivity contribution in [1.82, 2.24) is 0 Å². The molecule has 1 aliphatic rings. The van der Waals surface area contributed by atoms with Gasteiger partial charge in [0.1, 0.15) is 0 Å². The molecule has 1 heterocycles. The van der Waals surface area contributed by atoms with Crippen molar-refractivity contribution in [3.63, 3.8) is 0 Å². The van der Waals surface area contributed by atoms with Crippen LogP contribution in [0.15, 0.2) is 21.3 Å². The Morgan fingerprint density at radius 3 is 1.76 bits per heavy atom. The Morgan fingerprint density at radius 1 is 0.857 bits per heavy atom. The molecule has 0 aliphatic carbocycles. The Bertz CT molecular complexity index is 322. The summed E-state index contributed by atoms with van der Waals surface area (Å²) in [6.45, 7) is 10.9. The van der Waals surface area contributed by atoms with Crippen molar-refractivity contribution in [2.24, 2.45) is 0 Å². The quantitative estimate of drug-likeness (QED) is 0.393. The van der Waals surface area contributed by atoms with Crippen LogP contribution in [0.25, 0.3) is 0 Å². The summed E-state index contributed by atoms with van der Waals surface area (Å²) in [5.74, 6) is 0.